The molecule has 2 aromatic carbocycles. The van der Waals surface area contributed by atoms with Crippen LogP contribution < -0.4 is 10.9 Å². The van der Waals surface area contributed by atoms with Gasteiger partial charge in [-0.05, 0) is 73.0 Å². The van der Waals surface area contributed by atoms with Crippen molar-refractivity contribution >= 4 is 47.8 Å². The number of aliphatic hydroxyl groups is 2. The summed E-state index contributed by atoms with van der Waals surface area (Å²) in [6, 6.07) is 11.9. The lowest BCUT2D eigenvalue weighted by Gasteiger charge is -2.37. The third-order valence-electron chi connectivity index (χ3n) is 6.78. The number of rotatable bonds is 8. The predicted octanol–water partition coefficient (Wildman–Crippen LogP) is 2.67. The second-order valence-corrected chi connectivity index (χ2v) is 10.4. The van der Waals surface area contributed by atoms with Crippen LogP contribution in [0.3, 0.4) is 0 Å². The Balaban J connectivity index is 1.94. The summed E-state index contributed by atoms with van der Waals surface area (Å²) < 4.78 is 18.2. The van der Waals surface area contributed by atoms with Gasteiger partial charge in [-0.25, -0.2) is 0 Å². The van der Waals surface area contributed by atoms with Crippen molar-refractivity contribution in [2.24, 2.45) is 0 Å². The number of hydrogen-bond donors (Lipinski definition) is 2. The van der Waals surface area contributed by atoms with Crippen molar-refractivity contribution < 1.29 is 23.9 Å². The average Bonchev–Trinajstić information content (AvgIpc) is 3.01. The topological polar surface area (TPSA) is 72.1 Å². The highest BCUT2D eigenvalue weighted by atomic mass is 16.5. The molecule has 1 aromatic heterocycles. The Morgan fingerprint density at radius 3 is 1.90 bits per heavy atom. The molecule has 0 radical (unpaired) electrons. The van der Waals surface area contributed by atoms with Crippen LogP contribution in [-0.4, -0.2) is 47.6 Å². The minimum Gasteiger partial charge on any atom is -0.456 e. The van der Waals surface area contributed by atoms with E-state index in [-0.39, 0.29) is 0 Å². The molecule has 0 saturated heterocycles. The van der Waals surface area contributed by atoms with Crippen LogP contribution in [0.4, 0.5) is 0 Å². The van der Waals surface area contributed by atoms with Gasteiger partial charge in [-0.3, -0.25) is 0 Å². The molecule has 3 rings (SSSR count). The second kappa shape index (κ2) is 7.96. The highest BCUT2D eigenvalue weighted by molar-refractivity contribution is 6.53. The van der Waals surface area contributed by atoms with Crippen LogP contribution in [0, 0.1) is 0 Å². The number of furan rings is 1. The van der Waals surface area contributed by atoms with E-state index < -0.39 is 22.4 Å². The minimum absolute atomic E-state index is 0.357. The van der Waals surface area contributed by atoms with Gasteiger partial charge in [-0.2, -0.15) is 0 Å². The van der Waals surface area contributed by atoms with Crippen LogP contribution in [0.5, 0.6) is 0 Å². The van der Waals surface area contributed by atoms with Gasteiger partial charge < -0.3 is 23.9 Å². The Hall–Kier alpha value is -1.79. The number of benzene rings is 2. The smallest absolute Gasteiger partial charge is 0.310 e. The fraction of sp³-hybridized carbons (Fsp3) is 0.500. The molecule has 0 aliphatic rings. The summed E-state index contributed by atoms with van der Waals surface area (Å²) >= 11 is 0. The molecular weight excluding hydrogens is 390 g/mol. The fourth-order valence-corrected chi connectivity index (χ4v) is 3.03. The highest BCUT2D eigenvalue weighted by Gasteiger charge is 2.36. The van der Waals surface area contributed by atoms with E-state index in [1.165, 1.54) is 0 Å². The van der Waals surface area contributed by atoms with Crippen molar-refractivity contribution in [3.05, 3.63) is 36.4 Å². The Bertz CT molecular complexity index is 1070. The molecular formula is C24H34B2O5. The Morgan fingerprint density at radius 2 is 1.32 bits per heavy atom. The lowest BCUT2D eigenvalue weighted by molar-refractivity contribution is -0.0893. The van der Waals surface area contributed by atoms with Crippen molar-refractivity contribution in [1.29, 1.82) is 0 Å². The summed E-state index contributed by atoms with van der Waals surface area (Å²) in [5, 5.41) is 22.8. The maximum absolute atomic E-state index is 10.4. The third kappa shape index (κ3) is 4.85. The molecule has 0 saturated carbocycles. The molecule has 166 valence electrons. The van der Waals surface area contributed by atoms with Gasteiger partial charge in [0.15, 0.2) is 0 Å². The Morgan fingerprint density at radius 1 is 0.742 bits per heavy atom. The van der Waals surface area contributed by atoms with Crippen molar-refractivity contribution in [2.75, 3.05) is 0 Å². The van der Waals surface area contributed by atoms with Gasteiger partial charge in [0.1, 0.15) is 11.2 Å². The molecule has 0 aliphatic carbocycles. The van der Waals surface area contributed by atoms with Crippen molar-refractivity contribution in [3.63, 3.8) is 0 Å². The first-order valence-corrected chi connectivity index (χ1v) is 10.8. The molecule has 5 nitrogen and oxygen atoms in total. The first-order chi connectivity index (χ1) is 14.1. The molecule has 3 aromatic rings. The summed E-state index contributed by atoms with van der Waals surface area (Å²) in [6.07, 6.45) is 0. The Kier molecular flexibility index (Phi) is 6.13. The quantitative estimate of drug-likeness (QED) is 0.545. The maximum atomic E-state index is 10.4. The van der Waals surface area contributed by atoms with Crippen LogP contribution in [-0.2, 0) is 9.31 Å². The monoisotopic (exact) mass is 424 g/mol. The first kappa shape index (κ1) is 23.9. The van der Waals surface area contributed by atoms with Gasteiger partial charge in [-0.1, -0.05) is 29.7 Å². The van der Waals surface area contributed by atoms with E-state index in [0.717, 1.165) is 32.9 Å². The number of fused-ring (bicyclic) bond motifs is 3. The second-order valence-electron chi connectivity index (χ2n) is 10.4. The van der Waals surface area contributed by atoms with Crippen LogP contribution in [0.1, 0.15) is 55.4 Å². The third-order valence-corrected chi connectivity index (χ3v) is 6.78. The average molecular weight is 424 g/mol. The van der Waals surface area contributed by atoms with Gasteiger partial charge in [0.05, 0.1) is 22.4 Å². The van der Waals surface area contributed by atoms with Gasteiger partial charge >= 0.3 is 15.0 Å². The summed E-state index contributed by atoms with van der Waals surface area (Å²) in [4.78, 5) is 0. The van der Waals surface area contributed by atoms with Gasteiger partial charge in [0.25, 0.3) is 0 Å². The summed E-state index contributed by atoms with van der Waals surface area (Å²) in [6.45, 7) is 14.6. The van der Waals surface area contributed by atoms with Crippen molar-refractivity contribution in [2.45, 2.75) is 77.8 Å². The zero-order valence-electron chi connectivity index (χ0n) is 20.0. The molecule has 0 amide bonds. The zero-order chi connectivity index (χ0) is 23.2. The van der Waals surface area contributed by atoms with E-state index in [9.17, 15) is 10.2 Å². The molecule has 1 heterocycles. The van der Waals surface area contributed by atoms with E-state index in [1.54, 1.807) is 27.7 Å². The van der Waals surface area contributed by atoms with Gasteiger partial charge in [0, 0.05) is 10.8 Å². The van der Waals surface area contributed by atoms with Gasteiger partial charge in [0.2, 0.25) is 0 Å². The fourth-order valence-electron chi connectivity index (χ4n) is 3.03. The molecule has 0 aliphatic heterocycles. The van der Waals surface area contributed by atoms with Gasteiger partial charge in [-0.15, -0.1) is 0 Å². The van der Waals surface area contributed by atoms with Crippen LogP contribution >= 0.6 is 0 Å². The molecule has 2 N–H and O–H groups in total. The van der Waals surface area contributed by atoms with Crippen molar-refractivity contribution in [1.82, 2.24) is 0 Å². The summed E-state index contributed by atoms with van der Waals surface area (Å²) in [5.74, 6) is 0. The van der Waals surface area contributed by atoms with Crippen LogP contribution in [0.25, 0.3) is 21.9 Å². The van der Waals surface area contributed by atoms with Crippen LogP contribution in [0.2, 0.25) is 0 Å². The molecule has 0 spiro atoms. The Labute approximate surface area is 186 Å². The molecule has 7 heteroatoms. The molecule has 0 fully saturated rings. The summed E-state index contributed by atoms with van der Waals surface area (Å²) in [7, 11) is 0.736. The van der Waals surface area contributed by atoms with E-state index in [0.29, 0.717) is 15.0 Å². The highest BCUT2D eigenvalue weighted by Crippen LogP contribution is 2.29. The minimum atomic E-state index is -0.975. The lowest BCUT2D eigenvalue weighted by Crippen LogP contribution is -2.49. The van der Waals surface area contributed by atoms with Crippen molar-refractivity contribution in [3.8, 4) is 0 Å². The maximum Gasteiger partial charge on any atom is 0.310 e. The van der Waals surface area contributed by atoms with E-state index in [1.807, 2.05) is 58.0 Å². The lowest BCUT2D eigenvalue weighted by atomic mass is 9.79. The van der Waals surface area contributed by atoms with Crippen LogP contribution in [0.15, 0.2) is 40.8 Å². The molecule has 0 atom stereocenters. The van der Waals surface area contributed by atoms with E-state index in [4.69, 9.17) is 13.7 Å². The van der Waals surface area contributed by atoms with E-state index >= 15 is 0 Å². The molecule has 0 unspecified atom stereocenters. The SMILES string of the molecule is CC(C)(O)C(C)(C)OBc1ccc2oc3cccc(BOC(C)(C)C(C)(C)O)c3c2c1. The zero-order valence-corrected chi connectivity index (χ0v) is 20.0. The summed E-state index contributed by atoms with van der Waals surface area (Å²) in [5.41, 5.74) is 0.262. The predicted molar refractivity (Wildman–Crippen MR) is 130 cm³/mol. The largest absolute Gasteiger partial charge is 0.456 e. The molecule has 31 heavy (non-hydrogen) atoms. The van der Waals surface area contributed by atoms with E-state index in [2.05, 4.69) is 6.07 Å². The first-order valence-electron chi connectivity index (χ1n) is 10.8. The number of hydrogen-bond acceptors (Lipinski definition) is 5. The normalized spacial score (nSPS) is 13.7. The molecule has 0 bridgehead atoms. The standard InChI is InChI=1S/C24H34B2O5/c1-21(2,27)23(5,6)30-25-15-12-13-18-16(14-15)20-17(10-9-11-19(20)29-18)26-31-24(7,8)22(3,4)28/h9-14,25-28H,1-8H3.